The third-order valence-electron chi connectivity index (χ3n) is 5.36. The molecule has 0 bridgehead atoms. The maximum atomic E-state index is 13.5. The minimum atomic E-state index is -0.344. The molecular formula is C22H16N6OS2. The van der Waals surface area contributed by atoms with Gasteiger partial charge < -0.3 is 9.88 Å². The van der Waals surface area contributed by atoms with Crippen molar-refractivity contribution in [2.24, 2.45) is 0 Å². The molecule has 5 aromatic rings. The number of fused-ring (bicyclic) bond motifs is 2. The average molecular weight is 445 g/mol. The SMILES string of the molecule is O=C(c1nnc(-c2ccccc2)s1)N1CCc2[nH]cnc2[C@H]1c1nc2ccccc2s1. The molecule has 1 N–H and O–H groups in total. The molecule has 1 amide bonds. The van der Waals surface area contributed by atoms with Crippen LogP contribution in [0.25, 0.3) is 20.8 Å². The first-order valence-electron chi connectivity index (χ1n) is 9.85. The van der Waals surface area contributed by atoms with E-state index in [9.17, 15) is 4.79 Å². The summed E-state index contributed by atoms with van der Waals surface area (Å²) in [7, 11) is 0. The molecule has 1 aliphatic heterocycles. The second-order valence-corrected chi connectivity index (χ2v) is 9.26. The fourth-order valence-corrected chi connectivity index (χ4v) is 5.77. The zero-order valence-electron chi connectivity index (χ0n) is 16.2. The molecule has 6 rings (SSSR count). The summed E-state index contributed by atoms with van der Waals surface area (Å²) in [6, 6.07) is 17.5. The van der Waals surface area contributed by atoms with Gasteiger partial charge in [-0.2, -0.15) is 0 Å². The van der Waals surface area contributed by atoms with Crippen molar-refractivity contribution in [2.75, 3.05) is 6.54 Å². The number of nitrogens with zero attached hydrogens (tertiary/aromatic N) is 5. The number of thiazole rings is 1. The van der Waals surface area contributed by atoms with Gasteiger partial charge in [0.15, 0.2) is 0 Å². The summed E-state index contributed by atoms with van der Waals surface area (Å²) in [5.74, 6) is -0.141. The van der Waals surface area contributed by atoms with Gasteiger partial charge in [0.1, 0.15) is 16.1 Å². The number of para-hydroxylation sites is 1. The van der Waals surface area contributed by atoms with E-state index in [0.717, 1.165) is 37.2 Å². The average Bonchev–Trinajstić information content (AvgIpc) is 3.57. The van der Waals surface area contributed by atoms with E-state index in [1.807, 2.05) is 59.5 Å². The highest BCUT2D eigenvalue weighted by molar-refractivity contribution is 7.18. The molecule has 1 aliphatic rings. The molecule has 1 atom stereocenters. The highest BCUT2D eigenvalue weighted by Gasteiger charge is 2.37. The zero-order chi connectivity index (χ0) is 20.8. The fourth-order valence-electron chi connectivity index (χ4n) is 3.88. The van der Waals surface area contributed by atoms with Crippen LogP contribution in [0.4, 0.5) is 0 Å². The molecule has 0 fully saturated rings. The number of H-pyrrole nitrogens is 1. The van der Waals surface area contributed by atoms with Crippen molar-refractivity contribution in [3.63, 3.8) is 0 Å². The lowest BCUT2D eigenvalue weighted by atomic mass is 10.0. The van der Waals surface area contributed by atoms with Gasteiger partial charge in [-0.15, -0.1) is 21.5 Å². The second kappa shape index (κ2) is 7.36. The number of aromatic amines is 1. The Labute approximate surface area is 185 Å². The van der Waals surface area contributed by atoms with Crippen molar-refractivity contribution in [1.82, 2.24) is 30.0 Å². The van der Waals surface area contributed by atoms with Crippen LogP contribution in [0, 0.1) is 0 Å². The first-order valence-corrected chi connectivity index (χ1v) is 11.5. The molecule has 2 aromatic carbocycles. The number of carbonyl (C=O) groups excluding carboxylic acids is 1. The van der Waals surface area contributed by atoms with Gasteiger partial charge in [0, 0.05) is 24.2 Å². The van der Waals surface area contributed by atoms with Crippen LogP contribution in [-0.4, -0.2) is 42.5 Å². The summed E-state index contributed by atoms with van der Waals surface area (Å²) in [5.41, 5.74) is 3.79. The van der Waals surface area contributed by atoms with E-state index in [-0.39, 0.29) is 11.9 Å². The van der Waals surface area contributed by atoms with E-state index in [1.165, 1.54) is 11.3 Å². The number of carbonyl (C=O) groups is 1. The van der Waals surface area contributed by atoms with Gasteiger partial charge in [0.2, 0.25) is 5.01 Å². The molecule has 4 heterocycles. The molecule has 0 spiro atoms. The van der Waals surface area contributed by atoms with E-state index >= 15 is 0 Å². The van der Waals surface area contributed by atoms with Crippen molar-refractivity contribution < 1.29 is 4.79 Å². The minimum Gasteiger partial charge on any atom is -0.348 e. The molecule has 152 valence electrons. The maximum absolute atomic E-state index is 13.5. The van der Waals surface area contributed by atoms with Gasteiger partial charge in [-0.3, -0.25) is 4.79 Å². The molecule has 31 heavy (non-hydrogen) atoms. The summed E-state index contributed by atoms with van der Waals surface area (Å²) < 4.78 is 1.09. The lowest BCUT2D eigenvalue weighted by molar-refractivity contribution is 0.0689. The molecule has 3 aromatic heterocycles. The van der Waals surface area contributed by atoms with Crippen LogP contribution in [0.3, 0.4) is 0 Å². The third-order valence-corrected chi connectivity index (χ3v) is 7.41. The summed E-state index contributed by atoms with van der Waals surface area (Å²) >= 11 is 2.91. The van der Waals surface area contributed by atoms with E-state index in [4.69, 9.17) is 4.98 Å². The van der Waals surface area contributed by atoms with Crippen LogP contribution < -0.4 is 0 Å². The number of amides is 1. The fraction of sp³-hybridized carbons (Fsp3) is 0.136. The molecule has 0 unspecified atom stereocenters. The van der Waals surface area contributed by atoms with Gasteiger partial charge in [-0.25, -0.2) is 9.97 Å². The van der Waals surface area contributed by atoms with E-state index in [2.05, 4.69) is 20.2 Å². The summed E-state index contributed by atoms with van der Waals surface area (Å²) in [6.45, 7) is 0.564. The van der Waals surface area contributed by atoms with Crippen molar-refractivity contribution in [3.8, 4) is 10.6 Å². The highest BCUT2D eigenvalue weighted by atomic mass is 32.1. The van der Waals surface area contributed by atoms with Crippen LogP contribution >= 0.6 is 22.7 Å². The number of aromatic nitrogens is 5. The molecule has 0 radical (unpaired) electrons. The van der Waals surface area contributed by atoms with Crippen LogP contribution in [0.15, 0.2) is 60.9 Å². The molecular weight excluding hydrogens is 428 g/mol. The van der Waals surface area contributed by atoms with Gasteiger partial charge in [0.25, 0.3) is 5.91 Å². The molecule has 9 heteroatoms. The lowest BCUT2D eigenvalue weighted by Crippen LogP contribution is -2.40. The van der Waals surface area contributed by atoms with Crippen molar-refractivity contribution in [1.29, 1.82) is 0 Å². The largest absolute Gasteiger partial charge is 0.348 e. The van der Waals surface area contributed by atoms with E-state index in [1.54, 1.807) is 17.7 Å². The standard InChI is InChI=1S/C22H16N6OS2/c29-22(21-27-26-19(31-21)13-6-2-1-3-7-13)28-11-10-15-17(24-12-23-15)18(28)20-25-14-8-4-5-9-16(14)30-20/h1-9,12,18H,10-11H2,(H,23,24)/t18-/m0/s1. The number of nitrogens with one attached hydrogen (secondary N) is 1. The highest BCUT2D eigenvalue weighted by Crippen LogP contribution is 2.38. The van der Waals surface area contributed by atoms with Crippen LogP contribution in [0.1, 0.15) is 32.2 Å². The van der Waals surface area contributed by atoms with E-state index < -0.39 is 0 Å². The Morgan fingerprint density at radius 1 is 1.03 bits per heavy atom. The first kappa shape index (κ1) is 18.3. The normalized spacial score (nSPS) is 15.9. The Bertz CT molecular complexity index is 1360. The Balaban J connectivity index is 1.40. The Morgan fingerprint density at radius 3 is 2.74 bits per heavy atom. The molecule has 0 saturated heterocycles. The van der Waals surface area contributed by atoms with Crippen LogP contribution in [0.5, 0.6) is 0 Å². The molecule has 0 aliphatic carbocycles. The number of benzene rings is 2. The molecule has 7 nitrogen and oxygen atoms in total. The number of hydrogen-bond donors (Lipinski definition) is 1. The van der Waals surface area contributed by atoms with Crippen LogP contribution in [-0.2, 0) is 6.42 Å². The first-order chi connectivity index (χ1) is 15.3. The van der Waals surface area contributed by atoms with Crippen molar-refractivity contribution in [2.45, 2.75) is 12.5 Å². The zero-order valence-corrected chi connectivity index (χ0v) is 17.9. The summed E-state index contributed by atoms with van der Waals surface area (Å²) in [5, 5.41) is 10.4. The predicted molar refractivity (Wildman–Crippen MR) is 120 cm³/mol. The number of imidazole rings is 1. The maximum Gasteiger partial charge on any atom is 0.285 e. The quantitative estimate of drug-likeness (QED) is 0.448. The summed E-state index contributed by atoms with van der Waals surface area (Å²) in [4.78, 5) is 28.0. The Morgan fingerprint density at radius 2 is 1.87 bits per heavy atom. The topological polar surface area (TPSA) is 87.7 Å². The minimum absolute atomic E-state index is 0.141. The van der Waals surface area contributed by atoms with Gasteiger partial charge in [0.05, 0.1) is 22.2 Å². The number of rotatable bonds is 3. The van der Waals surface area contributed by atoms with Crippen molar-refractivity contribution >= 4 is 38.8 Å². The van der Waals surface area contributed by atoms with E-state index in [0.29, 0.717) is 18.0 Å². The Hall–Kier alpha value is -3.43. The summed E-state index contributed by atoms with van der Waals surface area (Å²) in [6.07, 6.45) is 2.41. The third kappa shape index (κ3) is 3.13. The second-order valence-electron chi connectivity index (χ2n) is 7.22. The predicted octanol–water partition coefficient (Wildman–Crippen LogP) is 4.33. The number of hydrogen-bond acceptors (Lipinski definition) is 7. The molecule has 0 saturated carbocycles. The van der Waals surface area contributed by atoms with Crippen LogP contribution in [0.2, 0.25) is 0 Å². The smallest absolute Gasteiger partial charge is 0.285 e. The van der Waals surface area contributed by atoms with Gasteiger partial charge in [-0.05, 0) is 12.1 Å². The lowest BCUT2D eigenvalue weighted by Gasteiger charge is -2.33. The van der Waals surface area contributed by atoms with Gasteiger partial charge >= 0.3 is 0 Å². The van der Waals surface area contributed by atoms with Crippen molar-refractivity contribution in [3.05, 3.63) is 82.3 Å². The van der Waals surface area contributed by atoms with Gasteiger partial charge in [-0.1, -0.05) is 53.8 Å². The Kier molecular flexibility index (Phi) is 4.36. The monoisotopic (exact) mass is 444 g/mol.